The lowest BCUT2D eigenvalue weighted by Gasteiger charge is -2.09. The highest BCUT2D eigenvalue weighted by Gasteiger charge is 2.13. The summed E-state index contributed by atoms with van der Waals surface area (Å²) in [6.07, 6.45) is 1.60. The summed E-state index contributed by atoms with van der Waals surface area (Å²) in [5, 5.41) is 15.5. The normalized spacial score (nSPS) is 10.5. The Bertz CT molecular complexity index is 587. The Morgan fingerprint density at radius 1 is 1.35 bits per heavy atom. The second-order valence-corrected chi connectivity index (χ2v) is 3.97. The minimum atomic E-state index is -0.948. The molecule has 1 heterocycles. The summed E-state index contributed by atoms with van der Waals surface area (Å²) in [6.45, 7) is 3.81. The summed E-state index contributed by atoms with van der Waals surface area (Å²) in [4.78, 5) is 11.0. The van der Waals surface area contributed by atoms with Gasteiger partial charge in [0.1, 0.15) is 5.82 Å². The van der Waals surface area contributed by atoms with Crippen LogP contribution in [0.2, 0.25) is 0 Å². The molecule has 0 radical (unpaired) electrons. The van der Waals surface area contributed by atoms with Crippen LogP contribution in [0.5, 0.6) is 0 Å². The maximum Gasteiger partial charge on any atom is 0.335 e. The van der Waals surface area contributed by atoms with E-state index in [0.29, 0.717) is 5.82 Å². The van der Waals surface area contributed by atoms with Gasteiger partial charge in [-0.15, -0.1) is 0 Å². The number of carbonyl (C=O) groups is 1. The Labute approximate surface area is 98.3 Å². The zero-order valence-electron chi connectivity index (χ0n) is 9.61. The molecule has 0 unspecified atom stereocenters. The fourth-order valence-electron chi connectivity index (χ4n) is 1.77. The third kappa shape index (κ3) is 1.87. The Morgan fingerprint density at radius 3 is 2.59 bits per heavy atom. The Kier molecular flexibility index (Phi) is 2.59. The lowest BCUT2D eigenvalue weighted by molar-refractivity contribution is 0.0697. The second kappa shape index (κ2) is 3.93. The fraction of sp³-hybridized carbons (Fsp3) is 0.167. The molecular weight excluding hydrogens is 218 g/mol. The monoisotopic (exact) mass is 231 g/mol. The molecular formula is C12H13N3O2. The van der Waals surface area contributed by atoms with Gasteiger partial charge in [-0.25, -0.2) is 4.79 Å². The molecule has 0 aliphatic rings. The Hall–Kier alpha value is -2.30. The topological polar surface area (TPSA) is 92.0 Å². The van der Waals surface area contributed by atoms with Gasteiger partial charge in [0.05, 0.1) is 11.8 Å². The van der Waals surface area contributed by atoms with Crippen molar-refractivity contribution in [3.05, 3.63) is 35.0 Å². The van der Waals surface area contributed by atoms with Gasteiger partial charge < -0.3 is 10.8 Å². The van der Waals surface area contributed by atoms with Crippen LogP contribution < -0.4 is 5.73 Å². The molecule has 1 aromatic heterocycles. The third-order valence-corrected chi connectivity index (χ3v) is 2.87. The first-order valence-corrected chi connectivity index (χ1v) is 5.14. The maximum absolute atomic E-state index is 11.0. The number of nitrogens with two attached hydrogens (primary N) is 1. The number of rotatable bonds is 2. The number of aromatic amines is 1. The van der Waals surface area contributed by atoms with Crippen molar-refractivity contribution < 1.29 is 9.90 Å². The van der Waals surface area contributed by atoms with Gasteiger partial charge >= 0.3 is 5.97 Å². The number of nitrogens with one attached hydrogen (secondary N) is 1. The first-order chi connectivity index (χ1) is 8.00. The first-order valence-electron chi connectivity index (χ1n) is 5.14. The number of nitrogen functional groups attached to an aromatic ring is 1. The van der Waals surface area contributed by atoms with Gasteiger partial charge in [0.15, 0.2) is 0 Å². The van der Waals surface area contributed by atoms with E-state index in [1.165, 1.54) is 0 Å². The van der Waals surface area contributed by atoms with Crippen molar-refractivity contribution >= 4 is 11.8 Å². The summed E-state index contributed by atoms with van der Waals surface area (Å²) in [6, 6.07) is 3.27. The van der Waals surface area contributed by atoms with Gasteiger partial charge in [-0.05, 0) is 42.7 Å². The number of nitrogens with zero attached hydrogens (tertiary/aromatic N) is 1. The molecule has 0 aliphatic carbocycles. The van der Waals surface area contributed by atoms with Gasteiger partial charge in [-0.2, -0.15) is 5.10 Å². The van der Waals surface area contributed by atoms with Crippen LogP contribution in [0.3, 0.4) is 0 Å². The minimum absolute atomic E-state index is 0.253. The minimum Gasteiger partial charge on any atom is -0.478 e. The molecule has 0 saturated carbocycles. The number of carboxylic acids is 1. The van der Waals surface area contributed by atoms with Crippen molar-refractivity contribution in [1.29, 1.82) is 0 Å². The van der Waals surface area contributed by atoms with Crippen molar-refractivity contribution in [2.45, 2.75) is 13.8 Å². The molecule has 0 spiro atoms. The van der Waals surface area contributed by atoms with E-state index in [4.69, 9.17) is 10.8 Å². The zero-order valence-corrected chi connectivity index (χ0v) is 9.61. The summed E-state index contributed by atoms with van der Waals surface area (Å²) in [7, 11) is 0. The van der Waals surface area contributed by atoms with E-state index in [0.717, 1.165) is 22.3 Å². The van der Waals surface area contributed by atoms with E-state index in [-0.39, 0.29) is 5.56 Å². The number of anilines is 1. The number of aryl methyl sites for hydroxylation is 1. The molecule has 0 saturated heterocycles. The van der Waals surface area contributed by atoms with E-state index in [9.17, 15) is 4.79 Å². The van der Waals surface area contributed by atoms with Crippen LogP contribution in [-0.4, -0.2) is 21.3 Å². The van der Waals surface area contributed by atoms with Gasteiger partial charge in [0.2, 0.25) is 0 Å². The Morgan fingerprint density at radius 2 is 2.06 bits per heavy atom. The highest BCUT2D eigenvalue weighted by molar-refractivity contribution is 5.91. The highest BCUT2D eigenvalue weighted by Crippen LogP contribution is 2.30. The van der Waals surface area contributed by atoms with Crippen LogP contribution in [0.25, 0.3) is 11.1 Å². The van der Waals surface area contributed by atoms with Crippen LogP contribution in [0.1, 0.15) is 21.5 Å². The third-order valence-electron chi connectivity index (χ3n) is 2.87. The number of hydrogen-bond acceptors (Lipinski definition) is 3. The summed E-state index contributed by atoms with van der Waals surface area (Å²) in [5.74, 6) is -0.508. The smallest absolute Gasteiger partial charge is 0.335 e. The Balaban J connectivity index is 2.69. The quantitative estimate of drug-likeness (QED) is 0.736. The SMILES string of the molecule is Cc1cc(C(=O)O)cc(-c2cn[nH]c2N)c1C. The number of benzene rings is 1. The average Bonchev–Trinajstić information content (AvgIpc) is 2.68. The molecule has 5 heteroatoms. The lowest BCUT2D eigenvalue weighted by atomic mass is 9.95. The van der Waals surface area contributed by atoms with Crippen molar-refractivity contribution in [2.75, 3.05) is 5.73 Å². The predicted octanol–water partition coefficient (Wildman–Crippen LogP) is 1.97. The van der Waals surface area contributed by atoms with Crippen LogP contribution >= 0.6 is 0 Å². The number of aromatic nitrogens is 2. The summed E-state index contributed by atoms with van der Waals surface area (Å²) >= 11 is 0. The van der Waals surface area contributed by atoms with Crippen molar-refractivity contribution in [3.63, 3.8) is 0 Å². The lowest BCUT2D eigenvalue weighted by Crippen LogP contribution is -2.00. The molecule has 4 N–H and O–H groups in total. The van der Waals surface area contributed by atoms with Crippen LogP contribution in [0.4, 0.5) is 5.82 Å². The van der Waals surface area contributed by atoms with Crippen molar-refractivity contribution in [1.82, 2.24) is 10.2 Å². The van der Waals surface area contributed by atoms with E-state index >= 15 is 0 Å². The molecule has 2 rings (SSSR count). The van der Waals surface area contributed by atoms with Gasteiger partial charge in [0, 0.05) is 5.56 Å². The van der Waals surface area contributed by atoms with E-state index < -0.39 is 5.97 Å². The number of aromatic carboxylic acids is 1. The molecule has 0 atom stereocenters. The number of carboxylic acid groups (broad SMARTS) is 1. The highest BCUT2D eigenvalue weighted by atomic mass is 16.4. The maximum atomic E-state index is 11.0. The number of H-pyrrole nitrogens is 1. The summed E-state index contributed by atoms with van der Waals surface area (Å²) < 4.78 is 0. The van der Waals surface area contributed by atoms with E-state index in [1.54, 1.807) is 18.3 Å². The zero-order chi connectivity index (χ0) is 12.6. The molecule has 0 fully saturated rings. The van der Waals surface area contributed by atoms with Gasteiger partial charge in [0.25, 0.3) is 0 Å². The van der Waals surface area contributed by atoms with Crippen molar-refractivity contribution in [3.8, 4) is 11.1 Å². The van der Waals surface area contributed by atoms with Crippen LogP contribution in [-0.2, 0) is 0 Å². The number of hydrogen-bond donors (Lipinski definition) is 3. The molecule has 88 valence electrons. The second-order valence-electron chi connectivity index (χ2n) is 3.97. The molecule has 1 aromatic carbocycles. The standard InChI is InChI=1S/C12H13N3O2/c1-6-3-8(12(16)17)4-9(7(6)2)10-5-14-15-11(10)13/h3-5H,1-2H3,(H,16,17)(H3,13,14,15). The largest absolute Gasteiger partial charge is 0.478 e. The van der Waals surface area contributed by atoms with Gasteiger partial charge in [-0.1, -0.05) is 0 Å². The average molecular weight is 231 g/mol. The molecule has 0 aliphatic heterocycles. The first kappa shape index (κ1) is 11.2. The summed E-state index contributed by atoms with van der Waals surface area (Å²) in [5.41, 5.74) is 9.46. The molecule has 0 amide bonds. The van der Waals surface area contributed by atoms with Crippen molar-refractivity contribution in [2.24, 2.45) is 0 Å². The molecule has 17 heavy (non-hydrogen) atoms. The van der Waals surface area contributed by atoms with E-state index in [1.807, 2.05) is 13.8 Å². The molecule has 2 aromatic rings. The van der Waals surface area contributed by atoms with E-state index in [2.05, 4.69) is 10.2 Å². The van der Waals surface area contributed by atoms with Gasteiger partial charge in [-0.3, -0.25) is 5.10 Å². The van der Waals surface area contributed by atoms with Crippen LogP contribution in [0, 0.1) is 13.8 Å². The molecule has 5 nitrogen and oxygen atoms in total. The fourth-order valence-corrected chi connectivity index (χ4v) is 1.77. The van der Waals surface area contributed by atoms with Crippen LogP contribution in [0.15, 0.2) is 18.3 Å². The predicted molar refractivity (Wildman–Crippen MR) is 64.9 cm³/mol. The molecule has 0 bridgehead atoms.